The predicted molar refractivity (Wildman–Crippen MR) is 80.4 cm³/mol. The maximum Gasteiger partial charge on any atom is 0.338 e. The van der Waals surface area contributed by atoms with Crippen molar-refractivity contribution in [3.63, 3.8) is 0 Å². The first-order valence-corrected chi connectivity index (χ1v) is 6.46. The zero-order chi connectivity index (χ0) is 15.1. The van der Waals surface area contributed by atoms with Crippen molar-refractivity contribution in [2.75, 3.05) is 31.3 Å². The first-order valence-electron chi connectivity index (χ1n) is 6.46. The first-order chi connectivity index (χ1) is 10.2. The van der Waals surface area contributed by atoms with Crippen LogP contribution in [0.3, 0.4) is 0 Å². The fraction of sp³-hybridized carbons (Fsp3) is 0.200. The normalized spacial score (nSPS) is 9.95. The summed E-state index contributed by atoms with van der Waals surface area (Å²) in [6.07, 6.45) is 1.55. The summed E-state index contributed by atoms with van der Waals surface area (Å²) >= 11 is 0. The Morgan fingerprint density at radius 1 is 1.33 bits per heavy atom. The molecule has 1 aromatic heterocycles. The lowest BCUT2D eigenvalue weighted by Gasteiger charge is -2.10. The Kier molecular flexibility index (Phi) is 4.98. The third-order valence-corrected chi connectivity index (χ3v) is 2.77. The van der Waals surface area contributed by atoms with Crippen LogP contribution in [0.2, 0.25) is 0 Å². The van der Waals surface area contributed by atoms with Crippen LogP contribution in [0, 0.1) is 0 Å². The van der Waals surface area contributed by atoms with Crippen molar-refractivity contribution in [1.82, 2.24) is 4.98 Å². The number of ether oxygens (including phenoxy) is 2. The van der Waals surface area contributed by atoms with Gasteiger partial charge in [-0.15, -0.1) is 0 Å². The summed E-state index contributed by atoms with van der Waals surface area (Å²) < 4.78 is 10.2. The molecule has 0 spiro atoms. The molecule has 0 amide bonds. The van der Waals surface area contributed by atoms with E-state index >= 15 is 0 Å². The van der Waals surface area contributed by atoms with E-state index in [9.17, 15) is 4.79 Å². The van der Waals surface area contributed by atoms with Gasteiger partial charge in [0.25, 0.3) is 0 Å². The van der Waals surface area contributed by atoms with Gasteiger partial charge in [-0.1, -0.05) is 12.1 Å². The fourth-order valence-electron chi connectivity index (χ4n) is 1.72. The van der Waals surface area contributed by atoms with Crippen LogP contribution in [-0.4, -0.2) is 31.2 Å². The number of pyridine rings is 1. The van der Waals surface area contributed by atoms with E-state index in [1.807, 2.05) is 18.2 Å². The number of carbonyl (C=O) groups is 1. The number of anilines is 2. The summed E-state index contributed by atoms with van der Waals surface area (Å²) in [5, 5.41) is 3.07. The van der Waals surface area contributed by atoms with Gasteiger partial charge in [-0.3, -0.25) is 0 Å². The second kappa shape index (κ2) is 7.14. The van der Waals surface area contributed by atoms with Crippen LogP contribution in [0.4, 0.5) is 11.5 Å². The minimum atomic E-state index is -0.395. The molecule has 0 saturated heterocycles. The number of nitrogens with two attached hydrogens (primary N) is 1. The van der Waals surface area contributed by atoms with Gasteiger partial charge in [0.2, 0.25) is 0 Å². The van der Waals surface area contributed by atoms with E-state index in [1.54, 1.807) is 24.4 Å². The van der Waals surface area contributed by atoms with Crippen LogP contribution in [0.25, 0.3) is 0 Å². The molecule has 1 heterocycles. The van der Waals surface area contributed by atoms with Crippen LogP contribution < -0.4 is 15.8 Å². The molecule has 0 aliphatic rings. The monoisotopic (exact) mass is 287 g/mol. The van der Waals surface area contributed by atoms with Gasteiger partial charge < -0.3 is 20.5 Å². The van der Waals surface area contributed by atoms with Crippen LogP contribution in [0.1, 0.15) is 10.4 Å². The van der Waals surface area contributed by atoms with Crippen LogP contribution in [-0.2, 0) is 4.74 Å². The molecule has 2 rings (SSSR count). The van der Waals surface area contributed by atoms with Gasteiger partial charge in [0.1, 0.15) is 18.2 Å². The smallest absolute Gasteiger partial charge is 0.338 e. The summed E-state index contributed by atoms with van der Waals surface area (Å²) in [6, 6.07) is 10.5. The van der Waals surface area contributed by atoms with Gasteiger partial charge in [-0.2, -0.15) is 0 Å². The fourth-order valence-corrected chi connectivity index (χ4v) is 1.72. The highest BCUT2D eigenvalue weighted by Gasteiger charge is 2.06. The molecule has 2 aromatic rings. The Bertz CT molecular complexity index is 617. The summed E-state index contributed by atoms with van der Waals surface area (Å²) in [6.45, 7) is 0.963. The van der Waals surface area contributed by atoms with Crippen molar-refractivity contribution in [2.45, 2.75) is 0 Å². The Balaban J connectivity index is 1.84. The number of rotatable bonds is 6. The molecule has 6 heteroatoms. The molecule has 0 radical (unpaired) electrons. The molecule has 21 heavy (non-hydrogen) atoms. The molecule has 110 valence electrons. The lowest BCUT2D eigenvalue weighted by atomic mass is 10.2. The molecule has 6 nitrogen and oxygen atoms in total. The van der Waals surface area contributed by atoms with Crippen molar-refractivity contribution in [1.29, 1.82) is 0 Å². The van der Waals surface area contributed by atoms with Crippen molar-refractivity contribution in [3.8, 4) is 5.75 Å². The number of nitrogen functional groups attached to an aromatic ring is 1. The zero-order valence-corrected chi connectivity index (χ0v) is 11.7. The third kappa shape index (κ3) is 4.10. The topological polar surface area (TPSA) is 86.5 Å². The molecular formula is C15H17N3O3. The molecule has 1 aromatic carbocycles. The third-order valence-electron chi connectivity index (χ3n) is 2.77. The minimum absolute atomic E-state index is 0.395. The van der Waals surface area contributed by atoms with Crippen LogP contribution in [0.15, 0.2) is 42.6 Å². The number of nitrogens with zero attached hydrogens (tertiary/aromatic N) is 1. The summed E-state index contributed by atoms with van der Waals surface area (Å²) in [7, 11) is 1.34. The number of hydrogen-bond donors (Lipinski definition) is 2. The number of nitrogens with one attached hydrogen (secondary N) is 1. The second-order valence-electron chi connectivity index (χ2n) is 4.23. The highest BCUT2D eigenvalue weighted by Crippen LogP contribution is 2.19. The zero-order valence-electron chi connectivity index (χ0n) is 11.7. The van der Waals surface area contributed by atoms with E-state index in [0.29, 0.717) is 36.0 Å². The molecular weight excluding hydrogens is 270 g/mol. The van der Waals surface area contributed by atoms with Gasteiger partial charge >= 0.3 is 5.97 Å². The predicted octanol–water partition coefficient (Wildman–Crippen LogP) is 1.94. The number of hydrogen-bond acceptors (Lipinski definition) is 6. The van der Waals surface area contributed by atoms with Gasteiger partial charge in [0.15, 0.2) is 0 Å². The number of para-hydroxylation sites is 2. The number of methoxy groups -OCH3 is 1. The Labute approximate surface area is 122 Å². The van der Waals surface area contributed by atoms with E-state index in [0.717, 1.165) is 0 Å². The Hall–Kier alpha value is -2.76. The minimum Gasteiger partial charge on any atom is -0.490 e. The van der Waals surface area contributed by atoms with Crippen molar-refractivity contribution < 1.29 is 14.3 Å². The molecule has 3 N–H and O–H groups in total. The average molecular weight is 287 g/mol. The highest BCUT2D eigenvalue weighted by molar-refractivity contribution is 5.89. The van der Waals surface area contributed by atoms with E-state index in [2.05, 4.69) is 15.0 Å². The number of carbonyl (C=O) groups excluding carboxylic acids is 1. The molecule has 0 saturated carbocycles. The molecule has 0 atom stereocenters. The summed E-state index contributed by atoms with van der Waals surface area (Å²) in [5.74, 6) is 0.840. The van der Waals surface area contributed by atoms with Crippen LogP contribution in [0.5, 0.6) is 5.75 Å². The first kappa shape index (κ1) is 14.6. The lowest BCUT2D eigenvalue weighted by molar-refractivity contribution is 0.0600. The standard InChI is InChI=1S/C15H17N3O3/c1-20-15(19)11-6-7-17-14(10-11)18-8-9-21-13-5-3-2-4-12(13)16/h2-7,10H,8-9,16H2,1H3,(H,17,18). The SMILES string of the molecule is COC(=O)c1ccnc(NCCOc2ccccc2N)c1. The molecule has 0 unspecified atom stereocenters. The number of esters is 1. The number of aromatic nitrogens is 1. The highest BCUT2D eigenvalue weighted by atomic mass is 16.5. The quantitative estimate of drug-likeness (QED) is 0.480. The number of benzene rings is 1. The van der Waals surface area contributed by atoms with Gasteiger partial charge in [0, 0.05) is 6.20 Å². The lowest BCUT2D eigenvalue weighted by Crippen LogP contribution is -2.13. The second-order valence-corrected chi connectivity index (χ2v) is 4.23. The molecule has 0 fully saturated rings. The average Bonchev–Trinajstić information content (AvgIpc) is 2.52. The Morgan fingerprint density at radius 3 is 2.90 bits per heavy atom. The maximum absolute atomic E-state index is 11.4. The largest absolute Gasteiger partial charge is 0.490 e. The molecule has 0 aliphatic heterocycles. The maximum atomic E-state index is 11.4. The van der Waals surface area contributed by atoms with Crippen LogP contribution >= 0.6 is 0 Å². The summed E-state index contributed by atoms with van der Waals surface area (Å²) in [5.41, 5.74) is 6.82. The van der Waals surface area contributed by atoms with Crippen molar-refractivity contribution in [3.05, 3.63) is 48.2 Å². The van der Waals surface area contributed by atoms with E-state index in [1.165, 1.54) is 7.11 Å². The van der Waals surface area contributed by atoms with Gasteiger partial charge in [0.05, 0.1) is 24.9 Å². The molecule has 0 bridgehead atoms. The van der Waals surface area contributed by atoms with Crippen molar-refractivity contribution >= 4 is 17.5 Å². The van der Waals surface area contributed by atoms with Gasteiger partial charge in [-0.25, -0.2) is 9.78 Å². The van der Waals surface area contributed by atoms with Crippen molar-refractivity contribution in [2.24, 2.45) is 0 Å². The summed E-state index contributed by atoms with van der Waals surface area (Å²) in [4.78, 5) is 15.5. The van der Waals surface area contributed by atoms with E-state index in [-0.39, 0.29) is 0 Å². The van der Waals surface area contributed by atoms with Gasteiger partial charge in [-0.05, 0) is 24.3 Å². The Morgan fingerprint density at radius 2 is 2.14 bits per heavy atom. The molecule has 0 aliphatic carbocycles. The van der Waals surface area contributed by atoms with E-state index in [4.69, 9.17) is 10.5 Å². The van der Waals surface area contributed by atoms with E-state index < -0.39 is 5.97 Å².